The van der Waals surface area contributed by atoms with Gasteiger partial charge in [0.2, 0.25) is 0 Å². The maximum Gasteiger partial charge on any atom is 0.175 e. The lowest BCUT2D eigenvalue weighted by Gasteiger charge is -2.37. The Balaban J connectivity index is 1.18. The van der Waals surface area contributed by atoms with Gasteiger partial charge in [-0.1, -0.05) is 72.3 Å². The number of aliphatic imine (C=N–C) groups is 1. The van der Waals surface area contributed by atoms with Crippen molar-refractivity contribution in [2.75, 3.05) is 11.9 Å². The van der Waals surface area contributed by atoms with Crippen molar-refractivity contribution >= 4 is 51.8 Å². The molecule has 1 aliphatic carbocycles. The van der Waals surface area contributed by atoms with Gasteiger partial charge in [0.1, 0.15) is 6.61 Å². The summed E-state index contributed by atoms with van der Waals surface area (Å²) in [6.07, 6.45) is 7.68. The van der Waals surface area contributed by atoms with Crippen molar-refractivity contribution < 1.29 is 9.47 Å². The number of halogens is 2. The molecule has 4 aromatic carbocycles. The molecule has 4 nitrogen and oxygen atoms in total. The van der Waals surface area contributed by atoms with Crippen LogP contribution in [0, 0.1) is 9.49 Å². The highest BCUT2D eigenvalue weighted by Gasteiger charge is 2.37. The number of para-hydroxylation sites is 1. The van der Waals surface area contributed by atoms with Crippen molar-refractivity contribution in [3.8, 4) is 11.5 Å². The molecule has 40 heavy (non-hydrogen) atoms. The van der Waals surface area contributed by atoms with Gasteiger partial charge < -0.3 is 14.8 Å². The third kappa shape index (κ3) is 5.63. The Hall–Kier alpha value is -3.29. The fourth-order valence-corrected chi connectivity index (χ4v) is 6.59. The number of nitrogens with one attached hydrogen (secondary N) is 1. The van der Waals surface area contributed by atoms with Crippen molar-refractivity contribution in [1.82, 2.24) is 0 Å². The van der Waals surface area contributed by atoms with Crippen LogP contribution in [0.25, 0.3) is 0 Å². The van der Waals surface area contributed by atoms with Gasteiger partial charge in [-0.05, 0) is 94.9 Å². The van der Waals surface area contributed by atoms with Crippen LogP contribution in [0.15, 0.2) is 102 Å². The minimum absolute atomic E-state index is 0.279. The highest BCUT2D eigenvalue weighted by Crippen LogP contribution is 2.49. The number of rotatable bonds is 8. The summed E-state index contributed by atoms with van der Waals surface area (Å²) in [5.41, 5.74) is 6.73. The van der Waals surface area contributed by atoms with E-state index in [9.17, 15) is 0 Å². The van der Waals surface area contributed by atoms with Gasteiger partial charge in [0, 0.05) is 28.4 Å². The Labute approximate surface area is 254 Å². The molecule has 0 unspecified atom stereocenters. The maximum absolute atomic E-state index is 6.32. The Kier molecular flexibility index (Phi) is 8.12. The second-order valence-corrected chi connectivity index (χ2v) is 11.6. The summed E-state index contributed by atoms with van der Waals surface area (Å²) in [5, 5.41) is 4.49. The molecule has 0 amide bonds. The van der Waals surface area contributed by atoms with Gasteiger partial charge in [0.05, 0.1) is 21.9 Å². The molecule has 0 saturated heterocycles. The Bertz CT molecular complexity index is 1570. The molecule has 3 atom stereocenters. The lowest BCUT2D eigenvalue weighted by atomic mass is 9.77. The molecule has 0 spiro atoms. The normalized spacial score (nSPS) is 19.2. The molecule has 0 fully saturated rings. The first kappa shape index (κ1) is 26.9. The topological polar surface area (TPSA) is 42.8 Å². The number of nitrogens with zero attached hydrogens (tertiary/aromatic N) is 1. The van der Waals surface area contributed by atoms with E-state index >= 15 is 0 Å². The van der Waals surface area contributed by atoms with Crippen LogP contribution < -0.4 is 14.8 Å². The Morgan fingerprint density at radius 3 is 2.62 bits per heavy atom. The average molecular weight is 661 g/mol. The predicted molar refractivity (Wildman–Crippen MR) is 173 cm³/mol. The largest absolute Gasteiger partial charge is 0.490 e. The van der Waals surface area contributed by atoms with Crippen molar-refractivity contribution in [2.45, 2.75) is 31.9 Å². The average Bonchev–Trinajstić information content (AvgIpc) is 3.47. The van der Waals surface area contributed by atoms with Crippen LogP contribution in [-0.4, -0.2) is 12.8 Å². The van der Waals surface area contributed by atoms with Crippen LogP contribution in [0.2, 0.25) is 5.02 Å². The number of hydrogen-bond donors (Lipinski definition) is 1. The number of anilines is 1. The minimum Gasteiger partial charge on any atom is -0.490 e. The van der Waals surface area contributed by atoms with Gasteiger partial charge >= 0.3 is 0 Å². The van der Waals surface area contributed by atoms with Crippen molar-refractivity contribution in [3.05, 3.63) is 128 Å². The molecule has 2 aliphatic rings. The highest BCUT2D eigenvalue weighted by molar-refractivity contribution is 14.1. The summed E-state index contributed by atoms with van der Waals surface area (Å²) in [4.78, 5) is 4.77. The van der Waals surface area contributed by atoms with Crippen LogP contribution in [0.1, 0.15) is 47.6 Å². The first-order chi connectivity index (χ1) is 19.6. The SMILES string of the molecule is CCOc1cc(C=Nc2ccc([C@@H]3Nc4ccccc4[C@H]4C=CC[C@H]43)cc2)cc(I)c1OCc1ccccc1Cl. The van der Waals surface area contributed by atoms with Crippen LogP contribution in [-0.2, 0) is 6.61 Å². The minimum atomic E-state index is 0.279. The molecule has 6 heteroatoms. The Morgan fingerprint density at radius 2 is 1.80 bits per heavy atom. The van der Waals surface area contributed by atoms with E-state index in [0.29, 0.717) is 41.6 Å². The summed E-state index contributed by atoms with van der Waals surface area (Å²) >= 11 is 8.60. The van der Waals surface area contributed by atoms with Crippen molar-refractivity contribution in [3.63, 3.8) is 0 Å². The quantitative estimate of drug-likeness (QED) is 0.116. The number of hydrogen-bond acceptors (Lipinski definition) is 4. The van der Waals surface area contributed by atoms with Crippen LogP contribution >= 0.6 is 34.2 Å². The van der Waals surface area contributed by atoms with Crippen LogP contribution in [0.5, 0.6) is 11.5 Å². The van der Waals surface area contributed by atoms with Gasteiger partial charge in [-0.25, -0.2) is 0 Å². The summed E-state index contributed by atoms with van der Waals surface area (Å²) in [6, 6.07) is 29.3. The number of benzene rings is 4. The standard InChI is InChI=1S/C34H30ClIN2O2/c1-2-39-32-19-22(18-30(36)34(32)40-21-24-8-3-5-12-29(24)35)20-37-25-16-14-23(15-17-25)33-28-11-7-10-26(28)27-9-4-6-13-31(27)38-33/h3-10,12-20,26,28,33,38H,2,11,21H2,1H3/t26-,28-,33+/m1/s1. The molecular weight excluding hydrogens is 631 g/mol. The zero-order chi connectivity index (χ0) is 27.5. The third-order valence-electron chi connectivity index (χ3n) is 7.55. The Morgan fingerprint density at radius 1 is 1.00 bits per heavy atom. The zero-order valence-electron chi connectivity index (χ0n) is 22.2. The molecule has 6 rings (SSSR count). The molecule has 1 aliphatic heterocycles. The molecule has 0 bridgehead atoms. The smallest absolute Gasteiger partial charge is 0.175 e. The number of ether oxygens (including phenoxy) is 2. The van der Waals surface area contributed by atoms with Gasteiger partial charge in [0.15, 0.2) is 11.5 Å². The van der Waals surface area contributed by atoms with Crippen LogP contribution in [0.3, 0.4) is 0 Å². The van der Waals surface area contributed by atoms with E-state index in [2.05, 4.69) is 94.7 Å². The summed E-state index contributed by atoms with van der Waals surface area (Å²) in [6.45, 7) is 2.88. The molecule has 0 saturated carbocycles. The lowest BCUT2D eigenvalue weighted by molar-refractivity contribution is 0.267. The summed E-state index contributed by atoms with van der Waals surface area (Å²) < 4.78 is 13.0. The first-order valence-electron chi connectivity index (χ1n) is 13.6. The molecular formula is C34H30ClIN2O2. The highest BCUT2D eigenvalue weighted by atomic mass is 127. The molecule has 202 valence electrons. The summed E-state index contributed by atoms with van der Waals surface area (Å²) in [7, 11) is 0. The van der Waals surface area contributed by atoms with Gasteiger partial charge in [-0.3, -0.25) is 4.99 Å². The number of fused-ring (bicyclic) bond motifs is 3. The predicted octanol–water partition coefficient (Wildman–Crippen LogP) is 9.50. The third-order valence-corrected chi connectivity index (χ3v) is 8.72. The van der Waals surface area contributed by atoms with Gasteiger partial charge in [0.25, 0.3) is 0 Å². The zero-order valence-corrected chi connectivity index (χ0v) is 25.1. The fourth-order valence-electron chi connectivity index (χ4n) is 5.62. The monoisotopic (exact) mass is 660 g/mol. The van der Waals surface area contributed by atoms with E-state index in [1.165, 1.54) is 16.8 Å². The first-order valence-corrected chi connectivity index (χ1v) is 15.0. The van der Waals surface area contributed by atoms with Gasteiger partial charge in [-0.15, -0.1) is 0 Å². The van der Waals surface area contributed by atoms with Crippen LogP contribution in [0.4, 0.5) is 11.4 Å². The van der Waals surface area contributed by atoms with E-state index in [-0.39, 0.29) is 6.04 Å². The number of allylic oxidation sites excluding steroid dienone is 2. The summed E-state index contributed by atoms with van der Waals surface area (Å²) in [5.74, 6) is 2.41. The van der Waals surface area contributed by atoms with Crippen molar-refractivity contribution in [2.24, 2.45) is 10.9 Å². The van der Waals surface area contributed by atoms with E-state index in [1.807, 2.05) is 43.5 Å². The second kappa shape index (κ2) is 12.1. The molecule has 0 aromatic heterocycles. The van der Waals surface area contributed by atoms with Crippen molar-refractivity contribution in [1.29, 1.82) is 0 Å². The maximum atomic E-state index is 6.32. The molecule has 4 aromatic rings. The van der Waals surface area contributed by atoms with E-state index in [0.717, 1.165) is 26.8 Å². The fraction of sp³-hybridized carbons (Fsp3) is 0.206. The molecule has 1 heterocycles. The molecule has 1 N–H and O–H groups in total. The van der Waals surface area contributed by atoms with Gasteiger partial charge in [-0.2, -0.15) is 0 Å². The van der Waals surface area contributed by atoms with E-state index < -0.39 is 0 Å². The second-order valence-electron chi connectivity index (χ2n) is 10.1. The molecule has 0 radical (unpaired) electrons. The van der Waals surface area contributed by atoms with E-state index in [4.69, 9.17) is 26.1 Å². The lowest BCUT2D eigenvalue weighted by Crippen LogP contribution is -2.28. The van der Waals surface area contributed by atoms with E-state index in [1.54, 1.807) is 0 Å².